The minimum atomic E-state index is -0.416. The van der Waals surface area contributed by atoms with Gasteiger partial charge in [0.2, 0.25) is 11.1 Å². The Hall–Kier alpha value is -2.67. The third-order valence-corrected chi connectivity index (χ3v) is 5.41. The van der Waals surface area contributed by atoms with E-state index in [0.29, 0.717) is 11.1 Å². The largest absolute Gasteiger partial charge is 0.348 e. The first-order valence-corrected chi connectivity index (χ1v) is 9.67. The Bertz CT molecular complexity index is 890. The lowest BCUT2D eigenvalue weighted by Gasteiger charge is -2.20. The van der Waals surface area contributed by atoms with Gasteiger partial charge in [0.15, 0.2) is 0 Å². The van der Waals surface area contributed by atoms with Crippen molar-refractivity contribution in [3.63, 3.8) is 0 Å². The van der Waals surface area contributed by atoms with Gasteiger partial charge in [-0.25, -0.2) is 0 Å². The third-order valence-electron chi connectivity index (χ3n) is 4.24. The standard InChI is InChI=1S/C20H23N5OS/c1-14(2)15-10-12-17(13-11-15)25-20(21-22-23-25)27-18(19(26)24(3)4)16-8-6-5-7-9-16/h5-14,18H,1-4H3/t18-/m0/s1. The molecule has 0 N–H and O–H groups in total. The highest BCUT2D eigenvalue weighted by atomic mass is 32.2. The van der Waals surface area contributed by atoms with Crippen LogP contribution in [0, 0.1) is 0 Å². The molecule has 140 valence electrons. The molecule has 3 rings (SSSR count). The Morgan fingerprint density at radius 2 is 1.67 bits per heavy atom. The van der Waals surface area contributed by atoms with Gasteiger partial charge in [-0.1, -0.05) is 68.1 Å². The summed E-state index contributed by atoms with van der Waals surface area (Å²) in [5.74, 6) is 0.456. The van der Waals surface area contributed by atoms with Crippen LogP contribution in [0.4, 0.5) is 0 Å². The van der Waals surface area contributed by atoms with Gasteiger partial charge in [0, 0.05) is 14.1 Å². The summed E-state index contributed by atoms with van der Waals surface area (Å²) in [4.78, 5) is 14.4. The van der Waals surface area contributed by atoms with Crippen molar-refractivity contribution in [2.75, 3.05) is 14.1 Å². The number of hydrogen-bond acceptors (Lipinski definition) is 5. The normalized spacial score (nSPS) is 12.2. The Morgan fingerprint density at radius 1 is 1.00 bits per heavy atom. The van der Waals surface area contributed by atoms with Crippen LogP contribution in [0.3, 0.4) is 0 Å². The summed E-state index contributed by atoms with van der Waals surface area (Å²) in [6.07, 6.45) is 0. The summed E-state index contributed by atoms with van der Waals surface area (Å²) in [7, 11) is 3.51. The van der Waals surface area contributed by atoms with Gasteiger partial charge in [0.25, 0.3) is 0 Å². The number of amides is 1. The molecular formula is C20H23N5OS. The summed E-state index contributed by atoms with van der Waals surface area (Å²) in [5, 5.41) is 12.3. The number of rotatable bonds is 6. The minimum absolute atomic E-state index is 0.00379. The molecule has 0 aliphatic rings. The van der Waals surface area contributed by atoms with E-state index in [1.165, 1.54) is 17.3 Å². The second-order valence-corrected chi connectivity index (χ2v) is 7.83. The van der Waals surface area contributed by atoms with Gasteiger partial charge in [-0.15, -0.1) is 5.10 Å². The first-order valence-electron chi connectivity index (χ1n) is 8.79. The molecule has 1 aromatic heterocycles. The van der Waals surface area contributed by atoms with Crippen molar-refractivity contribution >= 4 is 17.7 Å². The number of thioether (sulfide) groups is 1. The minimum Gasteiger partial charge on any atom is -0.348 e. The van der Waals surface area contributed by atoms with E-state index in [-0.39, 0.29) is 5.91 Å². The number of tetrazole rings is 1. The van der Waals surface area contributed by atoms with Crippen molar-refractivity contribution in [3.8, 4) is 5.69 Å². The van der Waals surface area contributed by atoms with Crippen LogP contribution in [0.5, 0.6) is 0 Å². The van der Waals surface area contributed by atoms with Crippen LogP contribution in [0.2, 0.25) is 0 Å². The number of hydrogen-bond donors (Lipinski definition) is 0. The Morgan fingerprint density at radius 3 is 2.26 bits per heavy atom. The Balaban J connectivity index is 1.92. The maximum Gasteiger partial charge on any atom is 0.240 e. The van der Waals surface area contributed by atoms with Crippen LogP contribution in [0.25, 0.3) is 5.69 Å². The average Bonchev–Trinajstić information content (AvgIpc) is 3.14. The molecule has 0 saturated heterocycles. The summed E-state index contributed by atoms with van der Waals surface area (Å²) >= 11 is 1.35. The molecule has 1 amide bonds. The fourth-order valence-electron chi connectivity index (χ4n) is 2.64. The highest BCUT2D eigenvalue weighted by Gasteiger charge is 2.26. The molecule has 0 bridgehead atoms. The van der Waals surface area contributed by atoms with Gasteiger partial charge >= 0.3 is 0 Å². The van der Waals surface area contributed by atoms with E-state index in [4.69, 9.17) is 0 Å². The van der Waals surface area contributed by atoms with Crippen LogP contribution in [-0.4, -0.2) is 45.1 Å². The molecule has 0 spiro atoms. The molecule has 1 atom stereocenters. The lowest BCUT2D eigenvalue weighted by Crippen LogP contribution is -2.27. The number of carbonyl (C=O) groups excluding carboxylic acids is 1. The molecular weight excluding hydrogens is 358 g/mol. The van der Waals surface area contributed by atoms with Crippen molar-refractivity contribution in [1.82, 2.24) is 25.1 Å². The van der Waals surface area contributed by atoms with Crippen LogP contribution >= 0.6 is 11.8 Å². The highest BCUT2D eigenvalue weighted by molar-refractivity contribution is 8.00. The molecule has 0 radical (unpaired) electrons. The SMILES string of the molecule is CC(C)c1ccc(-n2nnnc2S[C@H](C(=O)N(C)C)c2ccccc2)cc1. The predicted octanol–water partition coefficient (Wildman–Crippen LogP) is 3.71. The molecule has 1 heterocycles. The van der Waals surface area contributed by atoms with Gasteiger partial charge in [-0.3, -0.25) is 4.79 Å². The van der Waals surface area contributed by atoms with E-state index in [1.807, 2.05) is 42.5 Å². The summed E-state index contributed by atoms with van der Waals surface area (Å²) in [5.41, 5.74) is 3.05. The fraction of sp³-hybridized carbons (Fsp3) is 0.300. The van der Waals surface area contributed by atoms with Crippen LogP contribution in [0.15, 0.2) is 59.8 Å². The summed E-state index contributed by atoms with van der Waals surface area (Å²) < 4.78 is 1.67. The quantitative estimate of drug-likeness (QED) is 0.609. The zero-order chi connectivity index (χ0) is 19.4. The van der Waals surface area contributed by atoms with Crippen LogP contribution < -0.4 is 0 Å². The monoisotopic (exact) mass is 381 g/mol. The molecule has 2 aromatic carbocycles. The molecule has 0 aliphatic heterocycles. The third kappa shape index (κ3) is 4.36. The first-order chi connectivity index (χ1) is 13.0. The topological polar surface area (TPSA) is 63.9 Å². The second-order valence-electron chi connectivity index (χ2n) is 6.76. The number of benzene rings is 2. The van der Waals surface area contributed by atoms with Crippen LogP contribution in [0.1, 0.15) is 36.1 Å². The van der Waals surface area contributed by atoms with E-state index >= 15 is 0 Å². The second kappa shape index (κ2) is 8.35. The maximum atomic E-state index is 12.8. The van der Waals surface area contributed by atoms with Gasteiger partial charge in [0.1, 0.15) is 5.25 Å². The molecule has 6 nitrogen and oxygen atoms in total. The van der Waals surface area contributed by atoms with Gasteiger partial charge in [0.05, 0.1) is 5.69 Å². The molecule has 0 saturated carbocycles. The van der Waals surface area contributed by atoms with Crippen molar-refractivity contribution in [1.29, 1.82) is 0 Å². The maximum absolute atomic E-state index is 12.8. The molecule has 27 heavy (non-hydrogen) atoms. The Kier molecular flexibility index (Phi) is 5.91. The smallest absolute Gasteiger partial charge is 0.240 e. The summed E-state index contributed by atoms with van der Waals surface area (Å²) in [6, 6.07) is 17.9. The number of carbonyl (C=O) groups is 1. The molecule has 0 fully saturated rings. The van der Waals surface area contributed by atoms with Crippen molar-refractivity contribution < 1.29 is 4.79 Å². The van der Waals surface area contributed by atoms with E-state index in [1.54, 1.807) is 23.7 Å². The van der Waals surface area contributed by atoms with Gasteiger partial charge in [-0.2, -0.15) is 4.68 Å². The number of likely N-dealkylation sites (N-methyl/N-ethyl adjacent to an activating group) is 1. The zero-order valence-corrected chi connectivity index (χ0v) is 16.7. The van der Waals surface area contributed by atoms with E-state index in [9.17, 15) is 4.79 Å². The first kappa shape index (κ1) is 19.1. The van der Waals surface area contributed by atoms with Crippen molar-refractivity contribution in [3.05, 3.63) is 65.7 Å². The molecule has 7 heteroatoms. The van der Waals surface area contributed by atoms with Crippen molar-refractivity contribution in [2.45, 2.75) is 30.2 Å². The lowest BCUT2D eigenvalue weighted by atomic mass is 10.0. The zero-order valence-electron chi connectivity index (χ0n) is 15.9. The van der Waals surface area contributed by atoms with E-state index in [0.717, 1.165) is 11.3 Å². The highest BCUT2D eigenvalue weighted by Crippen LogP contribution is 2.35. The van der Waals surface area contributed by atoms with Crippen molar-refractivity contribution in [2.24, 2.45) is 0 Å². The molecule has 0 aliphatic carbocycles. The molecule has 3 aromatic rings. The number of nitrogens with zero attached hydrogens (tertiary/aromatic N) is 5. The van der Waals surface area contributed by atoms with E-state index < -0.39 is 5.25 Å². The fourth-order valence-corrected chi connectivity index (χ4v) is 3.78. The lowest BCUT2D eigenvalue weighted by molar-refractivity contribution is -0.128. The van der Waals surface area contributed by atoms with Gasteiger partial charge in [-0.05, 0) is 39.6 Å². The Labute approximate surface area is 163 Å². The molecule has 0 unspecified atom stereocenters. The van der Waals surface area contributed by atoms with Gasteiger partial charge < -0.3 is 4.90 Å². The van der Waals surface area contributed by atoms with E-state index in [2.05, 4.69) is 41.5 Å². The summed E-state index contributed by atoms with van der Waals surface area (Å²) in [6.45, 7) is 4.31. The van der Waals surface area contributed by atoms with Crippen LogP contribution in [-0.2, 0) is 4.79 Å². The predicted molar refractivity (Wildman–Crippen MR) is 107 cm³/mol. The average molecular weight is 382 g/mol. The number of aromatic nitrogens is 4.